The smallest absolute Gasteiger partial charge is 0.0545 e. The Kier molecular flexibility index (Phi) is 5.60. The first-order chi connectivity index (χ1) is 13.9. The van der Waals surface area contributed by atoms with Crippen molar-refractivity contribution in [2.75, 3.05) is 0 Å². The summed E-state index contributed by atoms with van der Waals surface area (Å²) in [5.41, 5.74) is 0.971. The lowest BCUT2D eigenvalue weighted by Gasteiger charge is -2.61. The van der Waals surface area contributed by atoms with E-state index in [1.165, 1.54) is 70.6 Å². The van der Waals surface area contributed by atoms with Gasteiger partial charge in [-0.15, -0.1) is 0 Å². The third kappa shape index (κ3) is 3.53. The Balaban J connectivity index is 1.27. The highest BCUT2D eigenvalue weighted by atomic mass is 16.3. The van der Waals surface area contributed by atoms with Crippen LogP contribution in [0.25, 0.3) is 0 Å². The molecule has 5 fully saturated rings. The average molecular weight is 403 g/mol. The first kappa shape index (κ1) is 20.8. The maximum Gasteiger partial charge on any atom is 0.0545 e. The number of fused-ring (bicyclic) bond motifs is 5. The Morgan fingerprint density at radius 3 is 2.31 bits per heavy atom. The molecular weight excluding hydrogens is 356 g/mol. The predicted molar refractivity (Wildman–Crippen MR) is 118 cm³/mol. The maximum atomic E-state index is 10.9. The van der Waals surface area contributed by atoms with Crippen molar-refractivity contribution in [2.45, 2.75) is 122 Å². The zero-order valence-corrected chi connectivity index (χ0v) is 19.1. The molecule has 0 aromatic rings. The Morgan fingerprint density at radius 1 is 0.793 bits per heavy atom. The summed E-state index contributed by atoms with van der Waals surface area (Å²) in [6.07, 6.45) is 19.3. The highest BCUT2D eigenvalue weighted by Gasteiger charge is 2.60. The van der Waals surface area contributed by atoms with Crippen LogP contribution >= 0.6 is 0 Å². The van der Waals surface area contributed by atoms with Crippen LogP contribution < -0.4 is 0 Å². The van der Waals surface area contributed by atoms with Crippen LogP contribution in [0.3, 0.4) is 0 Å². The summed E-state index contributed by atoms with van der Waals surface area (Å²) in [7, 11) is 0. The summed E-state index contributed by atoms with van der Waals surface area (Å²) in [4.78, 5) is 0. The second-order valence-electron chi connectivity index (χ2n) is 12.7. The van der Waals surface area contributed by atoms with Gasteiger partial charge in [-0.25, -0.2) is 0 Å². The Bertz CT molecular complexity index is 583. The van der Waals surface area contributed by atoms with E-state index in [9.17, 15) is 10.2 Å². The van der Waals surface area contributed by atoms with E-state index in [1.54, 1.807) is 0 Å². The molecule has 5 rings (SSSR count). The summed E-state index contributed by atoms with van der Waals surface area (Å²) in [5.74, 6) is 5.04. The molecule has 0 bridgehead atoms. The number of aliphatic hydroxyl groups is 2. The van der Waals surface area contributed by atoms with Crippen molar-refractivity contribution in [2.24, 2.45) is 46.3 Å². The summed E-state index contributed by atoms with van der Waals surface area (Å²) < 4.78 is 0. The fraction of sp³-hybridized carbons (Fsp3) is 1.00. The van der Waals surface area contributed by atoms with Crippen LogP contribution in [0.4, 0.5) is 0 Å². The third-order valence-electron chi connectivity index (χ3n) is 11.5. The van der Waals surface area contributed by atoms with E-state index < -0.39 is 0 Å². The minimum atomic E-state index is -0.0514. The molecule has 5 aliphatic carbocycles. The molecule has 0 radical (unpaired) electrons. The Labute approximate surface area is 179 Å². The SMILES string of the molecule is CC12CC[C@H](O)CC1CCC1C2CCC2(C)C1CC[C@@H]2CC(O)CC1CCCC1. The second-order valence-corrected chi connectivity index (χ2v) is 12.7. The zero-order valence-electron chi connectivity index (χ0n) is 19.1. The van der Waals surface area contributed by atoms with Crippen molar-refractivity contribution in [3.63, 3.8) is 0 Å². The van der Waals surface area contributed by atoms with E-state index in [2.05, 4.69) is 13.8 Å². The maximum absolute atomic E-state index is 10.9. The third-order valence-corrected chi connectivity index (χ3v) is 11.5. The van der Waals surface area contributed by atoms with E-state index in [0.717, 1.165) is 61.2 Å². The molecule has 2 heteroatoms. The predicted octanol–water partition coefficient (Wildman–Crippen LogP) is 6.34. The minimum absolute atomic E-state index is 0.0318. The van der Waals surface area contributed by atoms with Crippen LogP contribution in [0.15, 0.2) is 0 Å². The number of aliphatic hydroxyl groups excluding tert-OH is 2. The summed E-state index contributed by atoms with van der Waals surface area (Å²) in [6.45, 7) is 5.22. The van der Waals surface area contributed by atoms with E-state index in [4.69, 9.17) is 0 Å². The molecule has 0 amide bonds. The van der Waals surface area contributed by atoms with Gasteiger partial charge in [-0.3, -0.25) is 0 Å². The van der Waals surface area contributed by atoms with Gasteiger partial charge >= 0.3 is 0 Å². The van der Waals surface area contributed by atoms with Gasteiger partial charge < -0.3 is 10.2 Å². The normalized spacial score (nSPS) is 51.3. The quantitative estimate of drug-likeness (QED) is 0.576. The fourth-order valence-corrected chi connectivity index (χ4v) is 9.79. The van der Waals surface area contributed by atoms with Crippen LogP contribution in [-0.2, 0) is 0 Å². The molecule has 0 saturated heterocycles. The minimum Gasteiger partial charge on any atom is -0.393 e. The molecule has 0 aromatic carbocycles. The van der Waals surface area contributed by atoms with Crippen molar-refractivity contribution in [1.29, 1.82) is 0 Å². The van der Waals surface area contributed by atoms with Crippen LogP contribution in [0.5, 0.6) is 0 Å². The molecular formula is C27H46O2. The second kappa shape index (κ2) is 7.80. The molecule has 7 unspecified atom stereocenters. The largest absolute Gasteiger partial charge is 0.393 e. The topological polar surface area (TPSA) is 40.5 Å². The standard InChI is InChI=1S/C27H46O2/c1-26-13-11-21(28)16-19(26)7-9-23-24-10-8-20(27(24,2)14-12-25(23)26)17-22(29)15-18-5-3-4-6-18/h18-25,28-29H,3-17H2,1-2H3/t19?,20-,21+,22?,23?,24?,25?,26?,27?/m1/s1. The first-order valence-electron chi connectivity index (χ1n) is 13.3. The van der Waals surface area contributed by atoms with Crippen LogP contribution in [-0.4, -0.2) is 22.4 Å². The van der Waals surface area contributed by atoms with Crippen molar-refractivity contribution in [3.8, 4) is 0 Å². The number of hydrogen-bond donors (Lipinski definition) is 2. The summed E-state index contributed by atoms with van der Waals surface area (Å²) in [6, 6.07) is 0. The molecule has 2 N–H and O–H groups in total. The molecule has 29 heavy (non-hydrogen) atoms. The Morgan fingerprint density at radius 2 is 1.52 bits per heavy atom. The molecule has 9 atom stereocenters. The van der Waals surface area contributed by atoms with Gasteiger partial charge in [0.05, 0.1) is 12.2 Å². The van der Waals surface area contributed by atoms with Crippen LogP contribution in [0.1, 0.15) is 110 Å². The van der Waals surface area contributed by atoms with Gasteiger partial charge in [0.15, 0.2) is 0 Å². The van der Waals surface area contributed by atoms with Crippen molar-refractivity contribution < 1.29 is 10.2 Å². The summed E-state index contributed by atoms with van der Waals surface area (Å²) >= 11 is 0. The molecule has 5 saturated carbocycles. The highest BCUT2D eigenvalue weighted by Crippen LogP contribution is 2.67. The van der Waals surface area contributed by atoms with Crippen molar-refractivity contribution in [3.05, 3.63) is 0 Å². The lowest BCUT2D eigenvalue weighted by atomic mass is 9.44. The molecule has 0 aromatic heterocycles. The van der Waals surface area contributed by atoms with Crippen molar-refractivity contribution in [1.82, 2.24) is 0 Å². The van der Waals surface area contributed by atoms with Crippen LogP contribution in [0.2, 0.25) is 0 Å². The zero-order chi connectivity index (χ0) is 20.2. The Hall–Kier alpha value is -0.0800. The molecule has 2 nitrogen and oxygen atoms in total. The van der Waals surface area contributed by atoms with Gasteiger partial charge in [0.1, 0.15) is 0 Å². The van der Waals surface area contributed by atoms with E-state index >= 15 is 0 Å². The van der Waals surface area contributed by atoms with E-state index in [-0.39, 0.29) is 12.2 Å². The molecule has 0 aliphatic heterocycles. The van der Waals surface area contributed by atoms with Crippen molar-refractivity contribution >= 4 is 0 Å². The molecule has 5 aliphatic rings. The number of hydrogen-bond acceptors (Lipinski definition) is 2. The highest BCUT2D eigenvalue weighted by molar-refractivity contribution is 5.09. The van der Waals surface area contributed by atoms with Gasteiger partial charge in [-0.05, 0) is 117 Å². The summed E-state index contributed by atoms with van der Waals surface area (Å²) in [5, 5.41) is 21.2. The monoisotopic (exact) mass is 402 g/mol. The van der Waals surface area contributed by atoms with Gasteiger partial charge in [0.25, 0.3) is 0 Å². The fourth-order valence-electron chi connectivity index (χ4n) is 9.79. The molecule has 0 heterocycles. The van der Waals surface area contributed by atoms with Gasteiger partial charge in [0.2, 0.25) is 0 Å². The molecule has 0 spiro atoms. The lowest BCUT2D eigenvalue weighted by molar-refractivity contribution is -0.128. The van der Waals surface area contributed by atoms with E-state index in [0.29, 0.717) is 10.8 Å². The van der Waals surface area contributed by atoms with E-state index in [1.807, 2.05) is 0 Å². The number of rotatable bonds is 4. The average Bonchev–Trinajstić information content (AvgIpc) is 3.30. The van der Waals surface area contributed by atoms with Gasteiger partial charge in [-0.2, -0.15) is 0 Å². The van der Waals surface area contributed by atoms with Crippen LogP contribution in [0, 0.1) is 46.3 Å². The first-order valence-corrected chi connectivity index (χ1v) is 13.3. The molecule has 166 valence electrons. The van der Waals surface area contributed by atoms with Gasteiger partial charge in [0, 0.05) is 0 Å². The lowest BCUT2D eigenvalue weighted by Crippen LogP contribution is -2.54. The van der Waals surface area contributed by atoms with Gasteiger partial charge in [-0.1, -0.05) is 39.5 Å².